The smallest absolute Gasteiger partial charge is 0.157 e. The Labute approximate surface area is 110 Å². The zero-order valence-corrected chi connectivity index (χ0v) is 12.4. The van der Waals surface area contributed by atoms with Crippen LogP contribution in [0.25, 0.3) is 0 Å². The minimum absolute atomic E-state index is 0.0155. The molecule has 0 amide bonds. The Morgan fingerprint density at radius 3 is 2.50 bits per heavy atom. The van der Waals surface area contributed by atoms with Crippen molar-refractivity contribution in [3.8, 4) is 0 Å². The van der Waals surface area contributed by atoms with E-state index in [0.717, 1.165) is 30.2 Å². The van der Waals surface area contributed by atoms with Crippen LogP contribution in [0.3, 0.4) is 0 Å². The van der Waals surface area contributed by atoms with Crippen LogP contribution in [0.5, 0.6) is 0 Å². The van der Waals surface area contributed by atoms with Crippen molar-refractivity contribution in [3.63, 3.8) is 0 Å². The van der Waals surface area contributed by atoms with Crippen molar-refractivity contribution in [1.82, 2.24) is 15.3 Å². The van der Waals surface area contributed by atoms with E-state index >= 15 is 0 Å². The molecule has 0 aliphatic carbocycles. The van der Waals surface area contributed by atoms with E-state index in [-0.39, 0.29) is 11.6 Å². The van der Waals surface area contributed by atoms with Gasteiger partial charge < -0.3 is 10.1 Å². The second-order valence-electron chi connectivity index (χ2n) is 5.60. The first kappa shape index (κ1) is 15.1. The first-order valence-electron chi connectivity index (χ1n) is 6.48. The molecule has 0 radical (unpaired) electrons. The van der Waals surface area contributed by atoms with Gasteiger partial charge in [-0.1, -0.05) is 6.92 Å². The number of methoxy groups -OCH3 is 1. The fraction of sp³-hybridized carbons (Fsp3) is 0.714. The maximum Gasteiger partial charge on any atom is 0.157 e. The van der Waals surface area contributed by atoms with E-state index < -0.39 is 0 Å². The summed E-state index contributed by atoms with van der Waals surface area (Å²) in [5.74, 6) is 0.783. The molecule has 0 saturated heterocycles. The third-order valence-corrected chi connectivity index (χ3v) is 2.67. The molecule has 4 nitrogen and oxygen atoms in total. The van der Waals surface area contributed by atoms with E-state index in [1.165, 1.54) is 0 Å². The molecule has 0 fully saturated rings. The maximum atomic E-state index is 5.40. The molecule has 0 saturated carbocycles. The number of hydrogen-bond acceptors (Lipinski definition) is 4. The van der Waals surface area contributed by atoms with Gasteiger partial charge in [0.25, 0.3) is 0 Å². The van der Waals surface area contributed by atoms with Gasteiger partial charge in [0.2, 0.25) is 0 Å². The molecule has 0 bridgehead atoms. The maximum absolute atomic E-state index is 5.40. The molecule has 1 atom stereocenters. The number of nitrogens with one attached hydrogen (secondary N) is 1. The SMILES string of the molecule is CCC(OC)c1nc(C)cc(CNC(C)(C)C)n1. The lowest BCUT2D eigenvalue weighted by molar-refractivity contribution is 0.0922. The first-order valence-corrected chi connectivity index (χ1v) is 6.48. The molecular weight excluding hydrogens is 226 g/mol. The normalized spacial score (nSPS) is 13.7. The van der Waals surface area contributed by atoms with Crippen LogP contribution in [0.1, 0.15) is 57.4 Å². The third kappa shape index (κ3) is 4.70. The molecule has 102 valence electrons. The van der Waals surface area contributed by atoms with Crippen LogP contribution in [0.15, 0.2) is 6.07 Å². The van der Waals surface area contributed by atoms with Crippen LogP contribution < -0.4 is 5.32 Å². The quantitative estimate of drug-likeness (QED) is 0.874. The Hall–Kier alpha value is -1.00. The Bertz CT molecular complexity index is 381. The lowest BCUT2D eigenvalue weighted by atomic mass is 10.1. The molecule has 0 spiro atoms. The molecule has 1 rings (SSSR count). The number of rotatable bonds is 5. The van der Waals surface area contributed by atoms with E-state index in [1.54, 1.807) is 7.11 Å². The van der Waals surface area contributed by atoms with Gasteiger partial charge in [-0.3, -0.25) is 0 Å². The summed E-state index contributed by atoms with van der Waals surface area (Å²) in [6, 6.07) is 2.02. The van der Waals surface area contributed by atoms with Gasteiger partial charge in [-0.2, -0.15) is 0 Å². The first-order chi connectivity index (χ1) is 8.35. The highest BCUT2D eigenvalue weighted by molar-refractivity contribution is 5.11. The largest absolute Gasteiger partial charge is 0.373 e. The molecule has 1 aromatic heterocycles. The molecule has 1 N–H and O–H groups in total. The summed E-state index contributed by atoms with van der Waals surface area (Å²) in [5, 5.41) is 3.44. The molecule has 1 aromatic rings. The summed E-state index contributed by atoms with van der Waals surface area (Å²) in [7, 11) is 1.70. The van der Waals surface area contributed by atoms with E-state index in [1.807, 2.05) is 13.0 Å². The molecule has 0 aromatic carbocycles. The third-order valence-electron chi connectivity index (χ3n) is 2.67. The van der Waals surface area contributed by atoms with Crippen molar-refractivity contribution in [2.24, 2.45) is 0 Å². The number of ether oxygens (including phenoxy) is 1. The van der Waals surface area contributed by atoms with E-state index in [9.17, 15) is 0 Å². The van der Waals surface area contributed by atoms with Gasteiger partial charge in [-0.05, 0) is 40.2 Å². The highest BCUT2D eigenvalue weighted by Gasteiger charge is 2.14. The van der Waals surface area contributed by atoms with Crippen LogP contribution in [0.4, 0.5) is 0 Å². The average molecular weight is 251 g/mol. The summed E-state index contributed by atoms with van der Waals surface area (Å²) < 4.78 is 5.40. The fourth-order valence-electron chi connectivity index (χ4n) is 1.70. The van der Waals surface area contributed by atoms with Crippen LogP contribution in [-0.4, -0.2) is 22.6 Å². The number of nitrogens with zero attached hydrogens (tertiary/aromatic N) is 2. The topological polar surface area (TPSA) is 47.0 Å². The predicted molar refractivity (Wildman–Crippen MR) is 73.4 cm³/mol. The van der Waals surface area contributed by atoms with Crippen molar-refractivity contribution in [1.29, 1.82) is 0 Å². The van der Waals surface area contributed by atoms with Crippen LogP contribution in [-0.2, 0) is 11.3 Å². The molecule has 1 unspecified atom stereocenters. The summed E-state index contributed by atoms with van der Waals surface area (Å²) in [4.78, 5) is 9.04. The molecule has 18 heavy (non-hydrogen) atoms. The summed E-state index contributed by atoms with van der Waals surface area (Å²) >= 11 is 0. The second kappa shape index (κ2) is 6.25. The Kier molecular flexibility index (Phi) is 5.23. The predicted octanol–water partition coefficient (Wildman–Crippen LogP) is 2.77. The number of aromatic nitrogens is 2. The zero-order chi connectivity index (χ0) is 13.8. The van der Waals surface area contributed by atoms with Gasteiger partial charge in [0.15, 0.2) is 5.82 Å². The highest BCUT2D eigenvalue weighted by atomic mass is 16.5. The van der Waals surface area contributed by atoms with Gasteiger partial charge in [0.05, 0.1) is 5.69 Å². The zero-order valence-electron chi connectivity index (χ0n) is 12.4. The summed E-state index contributed by atoms with van der Waals surface area (Å²) in [5.41, 5.74) is 2.09. The molecular formula is C14H25N3O. The second-order valence-corrected chi connectivity index (χ2v) is 5.60. The Morgan fingerprint density at radius 1 is 1.33 bits per heavy atom. The Morgan fingerprint density at radius 2 is 2.00 bits per heavy atom. The molecule has 0 aliphatic heterocycles. The lowest BCUT2D eigenvalue weighted by Crippen LogP contribution is -2.35. The van der Waals surface area contributed by atoms with Gasteiger partial charge in [-0.25, -0.2) is 9.97 Å². The summed E-state index contributed by atoms with van der Waals surface area (Å²) in [6.45, 7) is 11.3. The number of aryl methyl sites for hydroxylation is 1. The molecule has 0 aliphatic rings. The van der Waals surface area contributed by atoms with Crippen molar-refractivity contribution < 1.29 is 4.74 Å². The molecule has 1 heterocycles. The van der Waals surface area contributed by atoms with E-state index in [0.29, 0.717) is 0 Å². The fourth-order valence-corrected chi connectivity index (χ4v) is 1.70. The average Bonchev–Trinajstić information content (AvgIpc) is 2.26. The Balaban J connectivity index is 2.87. The van der Waals surface area contributed by atoms with Crippen molar-refractivity contribution in [2.75, 3.05) is 7.11 Å². The van der Waals surface area contributed by atoms with Crippen LogP contribution >= 0.6 is 0 Å². The van der Waals surface area contributed by atoms with Crippen molar-refractivity contribution in [3.05, 3.63) is 23.3 Å². The van der Waals surface area contributed by atoms with Crippen LogP contribution in [0.2, 0.25) is 0 Å². The van der Waals surface area contributed by atoms with Crippen molar-refractivity contribution >= 4 is 0 Å². The van der Waals surface area contributed by atoms with Gasteiger partial charge in [0.1, 0.15) is 6.10 Å². The van der Waals surface area contributed by atoms with E-state index in [2.05, 4.69) is 43.0 Å². The minimum Gasteiger partial charge on any atom is -0.373 e. The van der Waals surface area contributed by atoms with Crippen LogP contribution in [0, 0.1) is 6.92 Å². The monoisotopic (exact) mass is 251 g/mol. The lowest BCUT2D eigenvalue weighted by Gasteiger charge is -2.21. The summed E-state index contributed by atoms with van der Waals surface area (Å²) in [6.07, 6.45) is 0.866. The van der Waals surface area contributed by atoms with E-state index in [4.69, 9.17) is 4.74 Å². The molecule has 4 heteroatoms. The van der Waals surface area contributed by atoms with Gasteiger partial charge in [0, 0.05) is 24.9 Å². The van der Waals surface area contributed by atoms with Gasteiger partial charge in [-0.15, -0.1) is 0 Å². The van der Waals surface area contributed by atoms with Crippen molar-refractivity contribution in [2.45, 2.75) is 59.2 Å². The van der Waals surface area contributed by atoms with Gasteiger partial charge >= 0.3 is 0 Å². The highest BCUT2D eigenvalue weighted by Crippen LogP contribution is 2.17. The standard InChI is InChI=1S/C14H25N3O/c1-7-12(18-6)13-16-10(2)8-11(17-13)9-15-14(3,4)5/h8,12,15H,7,9H2,1-6H3. The number of hydrogen-bond donors (Lipinski definition) is 1. The minimum atomic E-state index is -0.0155.